The molecule has 5 heteroatoms. The summed E-state index contributed by atoms with van der Waals surface area (Å²) in [6, 6.07) is 4.29. The van der Waals surface area contributed by atoms with Gasteiger partial charge >= 0.3 is 0 Å². The first-order valence-corrected chi connectivity index (χ1v) is 6.91. The van der Waals surface area contributed by atoms with Gasteiger partial charge in [0.05, 0.1) is 0 Å². The Morgan fingerprint density at radius 2 is 2.11 bits per heavy atom. The first kappa shape index (κ1) is 15.0. The topological polar surface area (TPSA) is 55.1 Å². The van der Waals surface area contributed by atoms with Crippen LogP contribution in [0.1, 0.15) is 36.7 Å². The minimum atomic E-state index is -0.404. The Labute approximate surface area is 111 Å². The molecule has 3 nitrogen and oxygen atoms in total. The fraction of sp³-hybridized carbons (Fsp3) is 0.462. The molecule has 1 unspecified atom stereocenters. The van der Waals surface area contributed by atoms with Gasteiger partial charge in [-0.05, 0) is 29.7 Å². The number of amides is 1. The summed E-state index contributed by atoms with van der Waals surface area (Å²) in [5, 5.41) is 0.441. The van der Waals surface area contributed by atoms with Crippen molar-refractivity contribution in [3.63, 3.8) is 0 Å². The molecule has 0 aliphatic heterocycles. The molecular weight excluding hydrogens is 251 g/mol. The van der Waals surface area contributed by atoms with Gasteiger partial charge in [0.15, 0.2) is 0 Å². The second-order valence-corrected chi connectivity index (χ2v) is 5.91. The lowest BCUT2D eigenvalue weighted by molar-refractivity contribution is 0.0953. The highest BCUT2D eigenvalue weighted by Gasteiger charge is 2.12. The van der Waals surface area contributed by atoms with Crippen LogP contribution in [0.25, 0.3) is 0 Å². The van der Waals surface area contributed by atoms with Gasteiger partial charge in [0, 0.05) is 16.6 Å². The lowest BCUT2D eigenvalue weighted by Gasteiger charge is -2.15. The van der Waals surface area contributed by atoms with Crippen molar-refractivity contribution in [1.29, 1.82) is 0 Å². The standard InChI is InChI=1S/C13H19FN2OS/c1-8(2)9(3)18-7-11-6-10(13(17)16-15)4-5-12(11)14/h4-6,8-9H,7,15H2,1-3H3,(H,16,17). The number of hydrazine groups is 1. The maximum atomic E-state index is 13.6. The number of hydrogen-bond acceptors (Lipinski definition) is 3. The summed E-state index contributed by atoms with van der Waals surface area (Å²) in [5.41, 5.74) is 2.96. The van der Waals surface area contributed by atoms with Crippen LogP contribution in [-0.4, -0.2) is 11.2 Å². The molecule has 18 heavy (non-hydrogen) atoms. The van der Waals surface area contributed by atoms with Crippen LogP contribution in [0.4, 0.5) is 4.39 Å². The average molecular weight is 270 g/mol. The van der Waals surface area contributed by atoms with Crippen LogP contribution < -0.4 is 11.3 Å². The van der Waals surface area contributed by atoms with Crippen molar-refractivity contribution in [3.8, 4) is 0 Å². The van der Waals surface area contributed by atoms with Gasteiger partial charge in [-0.15, -0.1) is 0 Å². The summed E-state index contributed by atoms with van der Waals surface area (Å²) in [6.07, 6.45) is 0. The summed E-state index contributed by atoms with van der Waals surface area (Å²) in [5.74, 6) is 5.45. The van der Waals surface area contributed by atoms with Crippen LogP contribution in [0.2, 0.25) is 0 Å². The molecule has 0 aliphatic rings. The van der Waals surface area contributed by atoms with Gasteiger partial charge in [0.1, 0.15) is 5.82 Å². The van der Waals surface area contributed by atoms with E-state index in [-0.39, 0.29) is 5.82 Å². The van der Waals surface area contributed by atoms with E-state index in [1.165, 1.54) is 12.1 Å². The van der Waals surface area contributed by atoms with Crippen LogP contribution in [0, 0.1) is 11.7 Å². The summed E-state index contributed by atoms with van der Waals surface area (Å²) < 4.78 is 13.6. The number of benzene rings is 1. The van der Waals surface area contributed by atoms with Gasteiger partial charge in [0.25, 0.3) is 5.91 Å². The van der Waals surface area contributed by atoms with Crippen LogP contribution in [-0.2, 0) is 5.75 Å². The van der Waals surface area contributed by atoms with Crippen molar-refractivity contribution in [2.24, 2.45) is 11.8 Å². The smallest absolute Gasteiger partial charge is 0.265 e. The van der Waals surface area contributed by atoms with E-state index in [1.807, 2.05) is 5.43 Å². The highest BCUT2D eigenvalue weighted by Crippen LogP contribution is 2.24. The van der Waals surface area contributed by atoms with E-state index in [0.29, 0.717) is 28.0 Å². The van der Waals surface area contributed by atoms with Gasteiger partial charge in [-0.3, -0.25) is 10.2 Å². The monoisotopic (exact) mass is 270 g/mol. The predicted molar refractivity (Wildman–Crippen MR) is 73.6 cm³/mol. The molecule has 100 valence electrons. The fourth-order valence-electron chi connectivity index (χ4n) is 1.32. The minimum Gasteiger partial charge on any atom is -0.290 e. The Balaban J connectivity index is 2.78. The van der Waals surface area contributed by atoms with E-state index in [9.17, 15) is 9.18 Å². The second-order valence-electron chi connectivity index (χ2n) is 4.54. The number of rotatable bonds is 5. The summed E-state index contributed by atoms with van der Waals surface area (Å²) in [4.78, 5) is 11.4. The SMILES string of the molecule is CC(C)C(C)SCc1cc(C(=O)NN)ccc1F. The lowest BCUT2D eigenvalue weighted by atomic mass is 10.1. The predicted octanol–water partition coefficient (Wildman–Crippen LogP) is 2.71. The Hall–Kier alpha value is -1.07. The number of carbonyl (C=O) groups is 1. The van der Waals surface area contributed by atoms with E-state index in [0.717, 1.165) is 0 Å². The first-order valence-electron chi connectivity index (χ1n) is 5.86. The maximum Gasteiger partial charge on any atom is 0.265 e. The molecule has 1 atom stereocenters. The van der Waals surface area contributed by atoms with E-state index < -0.39 is 5.91 Å². The van der Waals surface area contributed by atoms with Crippen molar-refractivity contribution in [1.82, 2.24) is 5.43 Å². The Morgan fingerprint density at radius 1 is 1.44 bits per heavy atom. The molecule has 0 radical (unpaired) electrons. The highest BCUT2D eigenvalue weighted by molar-refractivity contribution is 7.99. The van der Waals surface area contributed by atoms with E-state index in [2.05, 4.69) is 20.8 Å². The molecule has 1 aromatic carbocycles. The third-order valence-electron chi connectivity index (χ3n) is 2.88. The van der Waals surface area contributed by atoms with Crippen molar-refractivity contribution < 1.29 is 9.18 Å². The number of thioether (sulfide) groups is 1. The van der Waals surface area contributed by atoms with Crippen molar-refractivity contribution >= 4 is 17.7 Å². The van der Waals surface area contributed by atoms with Gasteiger partial charge in [-0.1, -0.05) is 20.8 Å². The van der Waals surface area contributed by atoms with E-state index in [1.54, 1.807) is 17.8 Å². The van der Waals surface area contributed by atoms with Crippen molar-refractivity contribution in [3.05, 3.63) is 35.1 Å². The highest BCUT2D eigenvalue weighted by atomic mass is 32.2. The summed E-state index contributed by atoms with van der Waals surface area (Å²) >= 11 is 1.68. The number of nitrogens with two attached hydrogens (primary N) is 1. The normalized spacial score (nSPS) is 12.6. The molecule has 1 rings (SSSR count). The van der Waals surface area contributed by atoms with Gasteiger partial charge < -0.3 is 0 Å². The van der Waals surface area contributed by atoms with E-state index in [4.69, 9.17) is 5.84 Å². The van der Waals surface area contributed by atoms with Gasteiger partial charge in [-0.2, -0.15) is 11.8 Å². The Kier molecular flexibility index (Phi) is 5.62. The number of nitrogens with one attached hydrogen (secondary N) is 1. The first-order chi connectivity index (χ1) is 8.45. The third-order valence-corrected chi connectivity index (χ3v) is 4.43. The largest absolute Gasteiger partial charge is 0.290 e. The van der Waals surface area contributed by atoms with Gasteiger partial charge in [0.2, 0.25) is 0 Å². The average Bonchev–Trinajstić information content (AvgIpc) is 2.36. The maximum absolute atomic E-state index is 13.6. The van der Waals surface area contributed by atoms with Crippen LogP contribution in [0.5, 0.6) is 0 Å². The molecule has 1 aromatic rings. The van der Waals surface area contributed by atoms with Gasteiger partial charge in [-0.25, -0.2) is 10.2 Å². The molecule has 0 aliphatic carbocycles. The number of halogens is 1. The third kappa shape index (κ3) is 3.99. The molecule has 0 saturated heterocycles. The lowest BCUT2D eigenvalue weighted by Crippen LogP contribution is -2.30. The number of carbonyl (C=O) groups excluding carboxylic acids is 1. The molecule has 0 bridgehead atoms. The minimum absolute atomic E-state index is 0.285. The molecule has 3 N–H and O–H groups in total. The fourth-order valence-corrected chi connectivity index (χ4v) is 2.37. The van der Waals surface area contributed by atoms with Crippen LogP contribution in [0.3, 0.4) is 0 Å². The molecule has 0 heterocycles. The quantitative estimate of drug-likeness (QED) is 0.491. The molecule has 0 aromatic heterocycles. The van der Waals surface area contributed by atoms with Crippen molar-refractivity contribution in [2.75, 3.05) is 0 Å². The molecule has 0 spiro atoms. The second kappa shape index (κ2) is 6.75. The summed E-state index contributed by atoms with van der Waals surface area (Å²) in [7, 11) is 0. The zero-order chi connectivity index (χ0) is 13.7. The Morgan fingerprint density at radius 3 is 2.67 bits per heavy atom. The number of nitrogen functional groups attached to an aromatic ring is 1. The van der Waals surface area contributed by atoms with Crippen LogP contribution in [0.15, 0.2) is 18.2 Å². The number of hydrogen-bond donors (Lipinski definition) is 2. The molecule has 0 saturated carbocycles. The van der Waals surface area contributed by atoms with Crippen molar-refractivity contribution in [2.45, 2.75) is 31.8 Å². The summed E-state index contributed by atoms with van der Waals surface area (Å²) in [6.45, 7) is 6.38. The molecule has 1 amide bonds. The zero-order valence-electron chi connectivity index (χ0n) is 10.9. The molecule has 0 fully saturated rings. The van der Waals surface area contributed by atoms with E-state index >= 15 is 0 Å². The zero-order valence-corrected chi connectivity index (χ0v) is 11.7. The van der Waals surface area contributed by atoms with Crippen LogP contribution >= 0.6 is 11.8 Å². The Bertz CT molecular complexity index is 423. The molecular formula is C13H19FN2OS.